The first kappa shape index (κ1) is 14.3. The molecule has 1 aromatic heterocycles. The van der Waals surface area contributed by atoms with Crippen LogP contribution < -0.4 is 11.1 Å². The number of hydrogen-bond acceptors (Lipinski definition) is 3. The maximum Gasteiger partial charge on any atom is 0.0726 e. The highest BCUT2D eigenvalue weighted by molar-refractivity contribution is 5.90. The van der Waals surface area contributed by atoms with Crippen molar-refractivity contribution in [2.45, 2.75) is 45.6 Å². The standard InChI is InChI=1S/C18H25N3/c1-18(9-5-2-6-10-18)13-20-12-14-11-16(19)15-7-3-4-8-17(15)21-14/h3-4,7-8,11,20H,2,5-6,9-10,12-13H2,1H3,(H2,19,21). The first-order valence-corrected chi connectivity index (χ1v) is 8.01. The maximum absolute atomic E-state index is 6.13. The van der Waals surface area contributed by atoms with Crippen molar-refractivity contribution in [3.63, 3.8) is 0 Å². The zero-order chi connectivity index (χ0) is 14.7. The van der Waals surface area contributed by atoms with Gasteiger partial charge in [-0.2, -0.15) is 0 Å². The van der Waals surface area contributed by atoms with Crippen molar-refractivity contribution in [1.29, 1.82) is 0 Å². The summed E-state index contributed by atoms with van der Waals surface area (Å²) in [5.41, 5.74) is 9.43. The van der Waals surface area contributed by atoms with E-state index in [2.05, 4.69) is 12.2 Å². The Kier molecular flexibility index (Phi) is 4.11. The predicted octanol–water partition coefficient (Wildman–Crippen LogP) is 3.88. The first-order valence-electron chi connectivity index (χ1n) is 8.01. The molecule has 0 aliphatic heterocycles. The van der Waals surface area contributed by atoms with Crippen molar-refractivity contribution in [3.8, 4) is 0 Å². The van der Waals surface area contributed by atoms with E-state index in [1.807, 2.05) is 30.3 Å². The lowest BCUT2D eigenvalue weighted by molar-refractivity contribution is 0.207. The summed E-state index contributed by atoms with van der Waals surface area (Å²) in [5.74, 6) is 0. The predicted molar refractivity (Wildman–Crippen MR) is 89.1 cm³/mol. The molecule has 0 spiro atoms. The zero-order valence-electron chi connectivity index (χ0n) is 12.9. The molecule has 3 nitrogen and oxygen atoms in total. The second-order valence-electron chi connectivity index (χ2n) is 6.69. The van der Waals surface area contributed by atoms with Crippen LogP contribution in [-0.4, -0.2) is 11.5 Å². The monoisotopic (exact) mass is 283 g/mol. The number of fused-ring (bicyclic) bond motifs is 1. The molecular weight excluding hydrogens is 258 g/mol. The number of nitrogens with one attached hydrogen (secondary N) is 1. The normalized spacial score (nSPS) is 18.0. The summed E-state index contributed by atoms with van der Waals surface area (Å²) in [6, 6.07) is 10.1. The Labute approximate surface area is 127 Å². The fraction of sp³-hybridized carbons (Fsp3) is 0.500. The number of rotatable bonds is 4. The van der Waals surface area contributed by atoms with E-state index < -0.39 is 0 Å². The van der Waals surface area contributed by atoms with E-state index in [-0.39, 0.29) is 0 Å². The number of nitrogen functional groups attached to an aromatic ring is 1. The number of para-hydroxylation sites is 1. The largest absolute Gasteiger partial charge is 0.398 e. The number of benzene rings is 1. The molecule has 3 rings (SSSR count). The van der Waals surface area contributed by atoms with E-state index in [0.29, 0.717) is 5.41 Å². The summed E-state index contributed by atoms with van der Waals surface area (Å²) in [5, 5.41) is 4.63. The van der Waals surface area contributed by atoms with Gasteiger partial charge in [0.25, 0.3) is 0 Å². The van der Waals surface area contributed by atoms with Gasteiger partial charge < -0.3 is 11.1 Å². The molecule has 21 heavy (non-hydrogen) atoms. The van der Waals surface area contributed by atoms with Crippen LogP contribution in [0.2, 0.25) is 0 Å². The molecule has 1 aliphatic rings. The lowest BCUT2D eigenvalue weighted by Crippen LogP contribution is -2.33. The van der Waals surface area contributed by atoms with Crippen molar-refractivity contribution < 1.29 is 0 Å². The van der Waals surface area contributed by atoms with Gasteiger partial charge in [0.05, 0.1) is 11.2 Å². The van der Waals surface area contributed by atoms with Crippen LogP contribution in [0.5, 0.6) is 0 Å². The van der Waals surface area contributed by atoms with Crippen LogP contribution in [0.25, 0.3) is 10.9 Å². The van der Waals surface area contributed by atoms with Gasteiger partial charge in [0.15, 0.2) is 0 Å². The third kappa shape index (κ3) is 3.35. The quantitative estimate of drug-likeness (QED) is 0.895. The minimum atomic E-state index is 0.459. The second kappa shape index (κ2) is 6.02. The molecule has 3 N–H and O–H groups in total. The van der Waals surface area contributed by atoms with E-state index in [0.717, 1.165) is 35.4 Å². The molecule has 1 saturated carbocycles. The molecule has 1 heterocycles. The van der Waals surface area contributed by atoms with Gasteiger partial charge in [-0.3, -0.25) is 4.98 Å². The minimum Gasteiger partial charge on any atom is -0.398 e. The molecule has 1 aromatic carbocycles. The molecule has 0 amide bonds. The van der Waals surface area contributed by atoms with E-state index in [9.17, 15) is 0 Å². The number of nitrogens with two attached hydrogens (primary N) is 1. The lowest BCUT2D eigenvalue weighted by Gasteiger charge is -2.33. The Bertz CT molecular complexity index is 615. The highest BCUT2D eigenvalue weighted by Gasteiger charge is 2.26. The summed E-state index contributed by atoms with van der Waals surface area (Å²) in [7, 11) is 0. The fourth-order valence-electron chi connectivity index (χ4n) is 3.42. The highest BCUT2D eigenvalue weighted by Crippen LogP contribution is 2.35. The van der Waals surface area contributed by atoms with Gasteiger partial charge in [0.1, 0.15) is 0 Å². The summed E-state index contributed by atoms with van der Waals surface area (Å²) >= 11 is 0. The number of hydrogen-bond donors (Lipinski definition) is 2. The number of aromatic nitrogens is 1. The average Bonchev–Trinajstić information content (AvgIpc) is 2.48. The van der Waals surface area contributed by atoms with Crippen LogP contribution in [-0.2, 0) is 6.54 Å². The fourth-order valence-corrected chi connectivity index (χ4v) is 3.42. The van der Waals surface area contributed by atoms with Crippen LogP contribution in [0.15, 0.2) is 30.3 Å². The van der Waals surface area contributed by atoms with Crippen molar-refractivity contribution >= 4 is 16.6 Å². The van der Waals surface area contributed by atoms with Crippen molar-refractivity contribution in [1.82, 2.24) is 10.3 Å². The average molecular weight is 283 g/mol. The molecule has 0 radical (unpaired) electrons. The van der Waals surface area contributed by atoms with Crippen molar-refractivity contribution in [2.75, 3.05) is 12.3 Å². The van der Waals surface area contributed by atoms with Crippen LogP contribution in [0, 0.1) is 5.41 Å². The SMILES string of the molecule is CC1(CNCc2cc(N)c3ccccc3n2)CCCCC1. The number of pyridine rings is 1. The molecule has 1 fully saturated rings. The van der Waals surface area contributed by atoms with Crippen molar-refractivity contribution in [2.24, 2.45) is 5.41 Å². The third-order valence-corrected chi connectivity index (χ3v) is 4.72. The lowest BCUT2D eigenvalue weighted by atomic mass is 9.76. The van der Waals surface area contributed by atoms with Gasteiger partial charge in [0, 0.05) is 24.2 Å². The summed E-state index contributed by atoms with van der Waals surface area (Å²) in [6.45, 7) is 4.27. The minimum absolute atomic E-state index is 0.459. The smallest absolute Gasteiger partial charge is 0.0726 e. The first-order chi connectivity index (χ1) is 10.2. The maximum atomic E-state index is 6.13. The van der Waals surface area contributed by atoms with Crippen molar-refractivity contribution in [3.05, 3.63) is 36.0 Å². The molecular formula is C18H25N3. The molecule has 0 bridgehead atoms. The summed E-state index contributed by atoms with van der Waals surface area (Å²) in [6.07, 6.45) is 6.83. The zero-order valence-corrected chi connectivity index (χ0v) is 12.9. The Morgan fingerprint density at radius 3 is 2.76 bits per heavy atom. The van der Waals surface area contributed by atoms with Gasteiger partial charge in [-0.1, -0.05) is 44.4 Å². The third-order valence-electron chi connectivity index (χ3n) is 4.72. The van der Waals surface area contributed by atoms with E-state index >= 15 is 0 Å². The topological polar surface area (TPSA) is 50.9 Å². The van der Waals surface area contributed by atoms with Crippen LogP contribution >= 0.6 is 0 Å². The highest BCUT2D eigenvalue weighted by atomic mass is 14.9. The Hall–Kier alpha value is -1.61. The van der Waals surface area contributed by atoms with Gasteiger partial charge in [-0.25, -0.2) is 0 Å². The molecule has 1 aliphatic carbocycles. The van der Waals surface area contributed by atoms with Gasteiger partial charge >= 0.3 is 0 Å². The molecule has 0 saturated heterocycles. The Morgan fingerprint density at radius 2 is 1.95 bits per heavy atom. The number of nitrogens with zero attached hydrogens (tertiary/aromatic N) is 1. The Balaban J connectivity index is 1.65. The van der Waals surface area contributed by atoms with Crippen LogP contribution in [0.4, 0.5) is 5.69 Å². The molecule has 3 heteroatoms. The molecule has 0 atom stereocenters. The molecule has 0 unspecified atom stereocenters. The van der Waals surface area contributed by atoms with Crippen LogP contribution in [0.1, 0.15) is 44.7 Å². The van der Waals surface area contributed by atoms with E-state index in [1.54, 1.807) is 0 Å². The summed E-state index contributed by atoms with van der Waals surface area (Å²) < 4.78 is 0. The van der Waals surface area contributed by atoms with Gasteiger partial charge in [0.2, 0.25) is 0 Å². The number of anilines is 1. The summed E-state index contributed by atoms with van der Waals surface area (Å²) in [4.78, 5) is 4.70. The molecule has 2 aromatic rings. The van der Waals surface area contributed by atoms with E-state index in [1.165, 1.54) is 32.1 Å². The molecule has 112 valence electrons. The van der Waals surface area contributed by atoms with E-state index in [4.69, 9.17) is 10.7 Å². The van der Waals surface area contributed by atoms with Crippen LogP contribution in [0.3, 0.4) is 0 Å². The Morgan fingerprint density at radius 1 is 1.19 bits per heavy atom. The van der Waals surface area contributed by atoms with Gasteiger partial charge in [-0.15, -0.1) is 0 Å². The van der Waals surface area contributed by atoms with Gasteiger partial charge in [-0.05, 0) is 30.4 Å². The second-order valence-corrected chi connectivity index (χ2v) is 6.69.